The van der Waals surface area contributed by atoms with Gasteiger partial charge in [0.2, 0.25) is 0 Å². The van der Waals surface area contributed by atoms with Gasteiger partial charge in [0.25, 0.3) is 5.56 Å². The van der Waals surface area contributed by atoms with Gasteiger partial charge in [-0.05, 0) is 37.6 Å². The molecule has 0 spiro atoms. The minimum Gasteiger partial charge on any atom is -0.493 e. The van der Waals surface area contributed by atoms with Crippen molar-refractivity contribution in [2.45, 2.75) is 20.4 Å². The van der Waals surface area contributed by atoms with Gasteiger partial charge in [-0.15, -0.1) is 11.3 Å². The second-order valence-electron chi connectivity index (χ2n) is 5.23. The molecule has 118 valence electrons. The largest absolute Gasteiger partial charge is 0.493 e. The van der Waals surface area contributed by atoms with E-state index in [1.807, 2.05) is 55.8 Å². The fourth-order valence-corrected chi connectivity index (χ4v) is 3.14. The molecule has 0 aliphatic rings. The van der Waals surface area contributed by atoms with Gasteiger partial charge in [0, 0.05) is 23.2 Å². The van der Waals surface area contributed by atoms with Crippen LogP contribution in [0, 0.1) is 6.92 Å². The van der Waals surface area contributed by atoms with Crippen LogP contribution in [0.3, 0.4) is 0 Å². The molecule has 0 radical (unpaired) electrons. The molecule has 0 saturated carbocycles. The molecule has 0 amide bonds. The first-order valence-corrected chi connectivity index (χ1v) is 8.39. The Labute approximate surface area is 139 Å². The molecule has 0 bridgehead atoms. The van der Waals surface area contributed by atoms with Crippen molar-refractivity contribution in [2.75, 3.05) is 6.61 Å². The van der Waals surface area contributed by atoms with E-state index >= 15 is 0 Å². The van der Waals surface area contributed by atoms with Crippen LogP contribution in [0.5, 0.6) is 5.75 Å². The molecular formula is C18H18N2O2S. The summed E-state index contributed by atoms with van der Waals surface area (Å²) < 4.78 is 7.33. The van der Waals surface area contributed by atoms with E-state index in [0.717, 1.165) is 27.6 Å². The molecule has 3 aromatic rings. The zero-order valence-electron chi connectivity index (χ0n) is 13.2. The molecule has 2 heterocycles. The first kappa shape index (κ1) is 15.5. The molecule has 0 unspecified atom stereocenters. The fourth-order valence-electron chi connectivity index (χ4n) is 2.35. The van der Waals surface area contributed by atoms with Gasteiger partial charge in [0.15, 0.2) is 0 Å². The fraction of sp³-hybridized carbons (Fsp3) is 0.222. The van der Waals surface area contributed by atoms with Gasteiger partial charge >= 0.3 is 0 Å². The molecule has 4 nitrogen and oxygen atoms in total. The van der Waals surface area contributed by atoms with Gasteiger partial charge in [-0.3, -0.25) is 4.79 Å². The number of hydrogen-bond donors (Lipinski definition) is 0. The number of hydrogen-bond acceptors (Lipinski definition) is 4. The standard InChI is InChI=1S/C18H18N2O2S/c1-3-22-16-7-5-4-6-14(16)15-12-23-17(19-15)11-20-9-8-13(2)10-18(20)21/h4-10,12H,3,11H2,1-2H3. The smallest absolute Gasteiger partial charge is 0.251 e. The van der Waals surface area contributed by atoms with Crippen molar-refractivity contribution in [3.8, 4) is 17.0 Å². The maximum Gasteiger partial charge on any atom is 0.251 e. The lowest BCUT2D eigenvalue weighted by molar-refractivity contribution is 0.341. The highest BCUT2D eigenvalue weighted by atomic mass is 32.1. The third-order valence-electron chi connectivity index (χ3n) is 3.47. The summed E-state index contributed by atoms with van der Waals surface area (Å²) in [6.45, 7) is 4.98. The molecule has 0 saturated heterocycles. The summed E-state index contributed by atoms with van der Waals surface area (Å²) in [4.78, 5) is 16.6. The number of ether oxygens (including phenoxy) is 1. The van der Waals surface area contributed by atoms with E-state index in [1.54, 1.807) is 22.0 Å². The summed E-state index contributed by atoms with van der Waals surface area (Å²) in [6, 6.07) is 11.4. The van der Waals surface area contributed by atoms with Crippen molar-refractivity contribution in [3.05, 3.63) is 68.9 Å². The Kier molecular flexibility index (Phi) is 4.57. The molecular weight excluding hydrogens is 308 g/mol. The Balaban J connectivity index is 1.88. The van der Waals surface area contributed by atoms with Crippen LogP contribution in [-0.2, 0) is 6.54 Å². The quantitative estimate of drug-likeness (QED) is 0.717. The van der Waals surface area contributed by atoms with E-state index in [-0.39, 0.29) is 5.56 Å². The minimum absolute atomic E-state index is 0.00327. The number of aryl methyl sites for hydroxylation is 1. The maximum absolute atomic E-state index is 12.0. The Morgan fingerprint density at radius 1 is 1.26 bits per heavy atom. The van der Waals surface area contributed by atoms with Crippen molar-refractivity contribution in [3.63, 3.8) is 0 Å². The predicted molar refractivity (Wildman–Crippen MR) is 93.3 cm³/mol. The second kappa shape index (κ2) is 6.79. The summed E-state index contributed by atoms with van der Waals surface area (Å²) >= 11 is 1.55. The molecule has 3 rings (SSSR count). The van der Waals surface area contributed by atoms with E-state index in [1.165, 1.54) is 0 Å². The predicted octanol–water partition coefficient (Wildman–Crippen LogP) is 3.73. The number of rotatable bonds is 5. The van der Waals surface area contributed by atoms with Crippen molar-refractivity contribution in [2.24, 2.45) is 0 Å². The van der Waals surface area contributed by atoms with Crippen molar-refractivity contribution in [1.29, 1.82) is 0 Å². The van der Waals surface area contributed by atoms with E-state index in [9.17, 15) is 4.79 Å². The first-order valence-electron chi connectivity index (χ1n) is 7.51. The van der Waals surface area contributed by atoms with Gasteiger partial charge in [0.1, 0.15) is 10.8 Å². The Bertz CT molecular complexity index is 867. The van der Waals surface area contributed by atoms with Crippen molar-refractivity contribution >= 4 is 11.3 Å². The van der Waals surface area contributed by atoms with Crippen LogP contribution in [-0.4, -0.2) is 16.2 Å². The molecule has 0 atom stereocenters. The highest BCUT2D eigenvalue weighted by molar-refractivity contribution is 7.09. The first-order chi connectivity index (χ1) is 11.2. The molecule has 0 aliphatic carbocycles. The average Bonchev–Trinajstić information content (AvgIpc) is 2.99. The summed E-state index contributed by atoms with van der Waals surface area (Å²) in [6.07, 6.45) is 1.81. The minimum atomic E-state index is -0.00327. The Hall–Kier alpha value is -2.40. The van der Waals surface area contributed by atoms with E-state index in [4.69, 9.17) is 4.74 Å². The lowest BCUT2D eigenvalue weighted by Crippen LogP contribution is -2.19. The van der Waals surface area contributed by atoms with Crippen LogP contribution < -0.4 is 10.3 Å². The average molecular weight is 326 g/mol. The number of pyridine rings is 1. The number of nitrogens with zero attached hydrogens (tertiary/aromatic N) is 2. The third-order valence-corrected chi connectivity index (χ3v) is 4.31. The number of benzene rings is 1. The third kappa shape index (κ3) is 3.51. The molecule has 0 N–H and O–H groups in total. The Morgan fingerprint density at radius 3 is 2.87 bits per heavy atom. The number of para-hydroxylation sites is 1. The number of thiazole rings is 1. The normalized spacial score (nSPS) is 10.7. The van der Waals surface area contributed by atoms with E-state index < -0.39 is 0 Å². The highest BCUT2D eigenvalue weighted by Gasteiger charge is 2.10. The van der Waals surface area contributed by atoms with Crippen LogP contribution in [0.25, 0.3) is 11.3 Å². The monoisotopic (exact) mass is 326 g/mol. The summed E-state index contributed by atoms with van der Waals surface area (Å²) in [7, 11) is 0. The topological polar surface area (TPSA) is 44.1 Å². The molecule has 1 aromatic carbocycles. The zero-order chi connectivity index (χ0) is 16.2. The van der Waals surface area contributed by atoms with E-state index in [0.29, 0.717) is 13.2 Å². The van der Waals surface area contributed by atoms with Crippen molar-refractivity contribution < 1.29 is 4.74 Å². The van der Waals surface area contributed by atoms with Gasteiger partial charge in [-0.1, -0.05) is 12.1 Å². The lowest BCUT2D eigenvalue weighted by atomic mass is 10.1. The van der Waals surface area contributed by atoms with Crippen LogP contribution in [0.2, 0.25) is 0 Å². The summed E-state index contributed by atoms with van der Waals surface area (Å²) in [5, 5.41) is 2.91. The summed E-state index contributed by atoms with van der Waals surface area (Å²) in [5.41, 5.74) is 2.83. The van der Waals surface area contributed by atoms with Crippen molar-refractivity contribution in [1.82, 2.24) is 9.55 Å². The van der Waals surface area contributed by atoms with Crippen LogP contribution in [0.15, 0.2) is 52.8 Å². The SMILES string of the molecule is CCOc1ccccc1-c1csc(Cn2ccc(C)cc2=O)n1. The van der Waals surface area contributed by atoms with Crippen LogP contribution in [0.1, 0.15) is 17.5 Å². The van der Waals surface area contributed by atoms with Gasteiger partial charge in [-0.25, -0.2) is 4.98 Å². The number of aromatic nitrogens is 2. The van der Waals surface area contributed by atoms with Crippen LogP contribution in [0.4, 0.5) is 0 Å². The van der Waals surface area contributed by atoms with Gasteiger partial charge in [-0.2, -0.15) is 0 Å². The Morgan fingerprint density at radius 2 is 2.09 bits per heavy atom. The molecule has 0 fully saturated rings. The molecule has 0 aliphatic heterocycles. The highest BCUT2D eigenvalue weighted by Crippen LogP contribution is 2.30. The van der Waals surface area contributed by atoms with Crippen LogP contribution >= 0.6 is 11.3 Å². The van der Waals surface area contributed by atoms with E-state index in [2.05, 4.69) is 4.98 Å². The maximum atomic E-state index is 12.0. The van der Waals surface area contributed by atoms with Gasteiger partial charge in [0.05, 0.1) is 18.8 Å². The lowest BCUT2D eigenvalue weighted by Gasteiger charge is -2.07. The summed E-state index contributed by atoms with van der Waals surface area (Å²) in [5.74, 6) is 0.833. The van der Waals surface area contributed by atoms with Gasteiger partial charge < -0.3 is 9.30 Å². The molecule has 23 heavy (non-hydrogen) atoms. The zero-order valence-corrected chi connectivity index (χ0v) is 14.0. The molecule has 5 heteroatoms. The molecule has 2 aromatic heterocycles. The second-order valence-corrected chi connectivity index (χ2v) is 6.17.